The van der Waals surface area contributed by atoms with Crippen LogP contribution in [0.25, 0.3) is 0 Å². The predicted octanol–water partition coefficient (Wildman–Crippen LogP) is 3.03. The summed E-state index contributed by atoms with van der Waals surface area (Å²) < 4.78 is 5.27. The molecular weight excluding hydrogens is 374 g/mol. The van der Waals surface area contributed by atoms with Gasteiger partial charge >= 0.3 is 0 Å². The molecule has 0 bridgehead atoms. The highest BCUT2D eigenvalue weighted by Gasteiger charge is 2.27. The van der Waals surface area contributed by atoms with Crippen LogP contribution in [0.1, 0.15) is 33.6 Å². The third kappa shape index (κ3) is 3.94. The van der Waals surface area contributed by atoms with Crippen LogP contribution in [0.5, 0.6) is 5.75 Å². The van der Waals surface area contributed by atoms with Crippen LogP contribution in [0.2, 0.25) is 5.02 Å². The molecule has 26 heavy (non-hydrogen) atoms. The zero-order valence-corrected chi connectivity index (χ0v) is 15.9. The van der Waals surface area contributed by atoms with E-state index in [-0.39, 0.29) is 17.9 Å². The third-order valence-electron chi connectivity index (χ3n) is 4.45. The van der Waals surface area contributed by atoms with E-state index in [1.165, 1.54) is 18.4 Å². The van der Waals surface area contributed by atoms with Gasteiger partial charge in [0.05, 0.1) is 23.4 Å². The van der Waals surface area contributed by atoms with E-state index in [0.717, 1.165) is 0 Å². The Morgan fingerprint density at radius 2 is 2.08 bits per heavy atom. The number of rotatable bonds is 4. The first kappa shape index (κ1) is 18.5. The van der Waals surface area contributed by atoms with Gasteiger partial charge in [-0.3, -0.25) is 9.59 Å². The Bertz CT molecular complexity index is 802. The summed E-state index contributed by atoms with van der Waals surface area (Å²) in [5.41, 5.74) is 7.21. The van der Waals surface area contributed by atoms with Crippen molar-refractivity contribution in [3.8, 4) is 5.75 Å². The lowest BCUT2D eigenvalue weighted by molar-refractivity contribution is 0.0695. The molecule has 0 spiro atoms. The number of ether oxygens (including phenoxy) is 1. The summed E-state index contributed by atoms with van der Waals surface area (Å²) in [4.78, 5) is 26.7. The minimum atomic E-state index is -0.147. The van der Waals surface area contributed by atoms with Crippen molar-refractivity contribution < 1.29 is 14.3 Å². The van der Waals surface area contributed by atoms with Crippen molar-refractivity contribution in [2.24, 2.45) is 0 Å². The summed E-state index contributed by atoms with van der Waals surface area (Å²) in [6.07, 6.45) is 1.40. The van der Waals surface area contributed by atoms with E-state index in [1.807, 2.05) is 10.8 Å². The van der Waals surface area contributed by atoms with Crippen LogP contribution in [0.15, 0.2) is 29.0 Å². The highest BCUT2D eigenvalue weighted by molar-refractivity contribution is 7.08. The number of nitrogen functional groups attached to an aromatic ring is 1. The molecule has 0 saturated carbocycles. The van der Waals surface area contributed by atoms with Crippen LogP contribution < -0.4 is 15.8 Å². The molecule has 0 aliphatic carbocycles. The lowest BCUT2D eigenvalue weighted by atomic mass is 10.0. The van der Waals surface area contributed by atoms with E-state index in [4.69, 9.17) is 22.1 Å². The number of nitrogens with one attached hydrogen (secondary N) is 1. The van der Waals surface area contributed by atoms with Gasteiger partial charge in [0.25, 0.3) is 11.8 Å². The molecule has 1 saturated heterocycles. The van der Waals surface area contributed by atoms with Crippen LogP contribution in [-0.2, 0) is 0 Å². The van der Waals surface area contributed by atoms with Crippen molar-refractivity contribution in [1.29, 1.82) is 0 Å². The smallest absolute Gasteiger partial charge is 0.257 e. The first-order chi connectivity index (χ1) is 12.5. The number of hydrogen-bond donors (Lipinski definition) is 2. The Labute approximate surface area is 160 Å². The van der Waals surface area contributed by atoms with Crippen LogP contribution in [0.3, 0.4) is 0 Å². The maximum atomic E-state index is 12.8. The molecule has 0 radical (unpaired) electrons. The third-order valence-corrected chi connectivity index (χ3v) is 5.46. The van der Waals surface area contributed by atoms with E-state index in [9.17, 15) is 9.59 Å². The highest BCUT2D eigenvalue weighted by Crippen LogP contribution is 2.30. The molecule has 6 nitrogen and oxygen atoms in total. The summed E-state index contributed by atoms with van der Waals surface area (Å²) in [7, 11) is 1.49. The Morgan fingerprint density at radius 1 is 1.35 bits per heavy atom. The molecular formula is C18H20ClN3O3S. The molecule has 3 rings (SSSR count). The number of nitrogens with two attached hydrogens (primary N) is 1. The van der Waals surface area contributed by atoms with Crippen LogP contribution >= 0.6 is 22.9 Å². The van der Waals surface area contributed by atoms with Crippen molar-refractivity contribution >= 4 is 40.4 Å². The number of carbonyl (C=O) groups is 2. The van der Waals surface area contributed by atoms with Gasteiger partial charge in [-0.2, -0.15) is 11.3 Å². The molecule has 2 aromatic rings. The van der Waals surface area contributed by atoms with Gasteiger partial charge < -0.3 is 20.7 Å². The van der Waals surface area contributed by atoms with E-state index in [1.54, 1.807) is 23.1 Å². The molecule has 1 aromatic carbocycles. The normalized spacial score (nSPS) is 14.9. The minimum absolute atomic E-state index is 0.0587. The zero-order valence-electron chi connectivity index (χ0n) is 14.3. The minimum Gasteiger partial charge on any atom is -0.496 e. The van der Waals surface area contributed by atoms with Crippen LogP contribution in [0, 0.1) is 0 Å². The SMILES string of the molecule is COc1cc(N)c(Cl)cc1C(=O)N1CCC(NC(=O)c2ccsc2)CC1. The van der Waals surface area contributed by atoms with Gasteiger partial charge in [0.15, 0.2) is 0 Å². The summed E-state index contributed by atoms with van der Waals surface area (Å²) in [5, 5.41) is 7.05. The number of hydrogen-bond acceptors (Lipinski definition) is 5. The van der Waals surface area contributed by atoms with Crippen molar-refractivity contribution in [3.63, 3.8) is 0 Å². The average molecular weight is 394 g/mol. The molecule has 8 heteroatoms. The second kappa shape index (κ2) is 7.97. The molecule has 1 aromatic heterocycles. The molecule has 1 fully saturated rings. The molecule has 1 aliphatic rings. The monoisotopic (exact) mass is 393 g/mol. The van der Waals surface area contributed by atoms with E-state index in [0.29, 0.717) is 53.5 Å². The standard InChI is InChI=1S/C18H20ClN3O3S/c1-25-16-9-15(20)14(19)8-13(16)18(24)22-5-2-12(3-6-22)21-17(23)11-4-7-26-10-11/h4,7-10,12H,2-3,5-6,20H2,1H3,(H,21,23). The van der Waals surface area contributed by atoms with E-state index in [2.05, 4.69) is 5.32 Å². The number of thiophene rings is 1. The maximum Gasteiger partial charge on any atom is 0.257 e. The van der Waals surface area contributed by atoms with Crippen molar-refractivity contribution in [3.05, 3.63) is 45.1 Å². The van der Waals surface area contributed by atoms with Gasteiger partial charge in [0.2, 0.25) is 0 Å². The van der Waals surface area contributed by atoms with Gasteiger partial charge in [-0.05, 0) is 30.4 Å². The number of halogens is 1. The van der Waals surface area contributed by atoms with Gasteiger partial charge in [0, 0.05) is 36.1 Å². The molecule has 0 unspecified atom stereocenters. The van der Waals surface area contributed by atoms with Crippen molar-refractivity contribution in [2.45, 2.75) is 18.9 Å². The number of carbonyl (C=O) groups excluding carboxylic acids is 2. The molecule has 2 amide bonds. The molecule has 2 heterocycles. The fraction of sp³-hybridized carbons (Fsp3) is 0.333. The maximum absolute atomic E-state index is 12.8. The number of methoxy groups -OCH3 is 1. The summed E-state index contributed by atoms with van der Waals surface area (Å²) in [6.45, 7) is 1.11. The van der Waals surface area contributed by atoms with Gasteiger partial charge in [-0.25, -0.2) is 0 Å². The average Bonchev–Trinajstić information content (AvgIpc) is 3.18. The van der Waals surface area contributed by atoms with Crippen molar-refractivity contribution in [2.75, 3.05) is 25.9 Å². The van der Waals surface area contributed by atoms with E-state index < -0.39 is 0 Å². The van der Waals surface area contributed by atoms with Crippen molar-refractivity contribution in [1.82, 2.24) is 10.2 Å². The zero-order chi connectivity index (χ0) is 18.7. The van der Waals surface area contributed by atoms with E-state index >= 15 is 0 Å². The fourth-order valence-corrected chi connectivity index (χ4v) is 3.76. The Balaban J connectivity index is 1.62. The first-order valence-electron chi connectivity index (χ1n) is 8.25. The fourth-order valence-electron chi connectivity index (χ4n) is 2.96. The molecule has 0 atom stereocenters. The lowest BCUT2D eigenvalue weighted by Gasteiger charge is -2.32. The summed E-state index contributed by atoms with van der Waals surface area (Å²) in [5.74, 6) is 0.194. The number of likely N-dealkylation sites (tertiary alicyclic amines) is 1. The first-order valence-corrected chi connectivity index (χ1v) is 9.57. The molecule has 1 aliphatic heterocycles. The van der Waals surface area contributed by atoms with Gasteiger partial charge in [0.1, 0.15) is 5.75 Å². The van der Waals surface area contributed by atoms with Crippen LogP contribution in [-0.4, -0.2) is 43.0 Å². The van der Waals surface area contributed by atoms with Gasteiger partial charge in [-0.1, -0.05) is 11.6 Å². The molecule has 3 N–H and O–H groups in total. The number of benzene rings is 1. The lowest BCUT2D eigenvalue weighted by Crippen LogP contribution is -2.46. The Kier molecular flexibility index (Phi) is 5.68. The van der Waals surface area contributed by atoms with Crippen LogP contribution in [0.4, 0.5) is 5.69 Å². The quantitative estimate of drug-likeness (QED) is 0.782. The second-order valence-corrected chi connectivity index (χ2v) is 7.31. The van der Waals surface area contributed by atoms with Gasteiger partial charge in [-0.15, -0.1) is 0 Å². The summed E-state index contributed by atoms with van der Waals surface area (Å²) >= 11 is 7.55. The summed E-state index contributed by atoms with van der Waals surface area (Å²) in [6, 6.07) is 4.96. The largest absolute Gasteiger partial charge is 0.496 e. The Morgan fingerprint density at radius 3 is 2.69 bits per heavy atom. The highest BCUT2D eigenvalue weighted by atomic mass is 35.5. The predicted molar refractivity (Wildman–Crippen MR) is 103 cm³/mol. The second-order valence-electron chi connectivity index (χ2n) is 6.13. The Hall–Kier alpha value is -2.25. The topological polar surface area (TPSA) is 84.7 Å². The molecule has 138 valence electrons. The number of piperidine rings is 1. The number of nitrogens with zero attached hydrogens (tertiary/aromatic N) is 1. The number of anilines is 1. The number of amides is 2.